The predicted molar refractivity (Wildman–Crippen MR) is 73.0 cm³/mol. The smallest absolute Gasteiger partial charge is 0.130 e. The maximum atomic E-state index is 5.79. The summed E-state index contributed by atoms with van der Waals surface area (Å²) < 4.78 is 5.79. The lowest BCUT2D eigenvalue weighted by Gasteiger charge is -2.14. The number of nitrogens with zero attached hydrogens (tertiary/aromatic N) is 2. The van der Waals surface area contributed by atoms with Crippen molar-refractivity contribution in [2.45, 2.75) is 6.54 Å². The van der Waals surface area contributed by atoms with Crippen LogP contribution in [-0.2, 0) is 6.54 Å². The van der Waals surface area contributed by atoms with Crippen molar-refractivity contribution in [2.24, 2.45) is 5.73 Å². The molecule has 1 aromatic heterocycles. The van der Waals surface area contributed by atoms with Gasteiger partial charge in [0.25, 0.3) is 0 Å². The average Bonchev–Trinajstić information content (AvgIpc) is 2.39. The van der Waals surface area contributed by atoms with Crippen LogP contribution in [0.25, 0.3) is 0 Å². The van der Waals surface area contributed by atoms with E-state index in [-0.39, 0.29) is 0 Å². The van der Waals surface area contributed by atoms with Gasteiger partial charge in [-0.3, -0.25) is 4.98 Å². The van der Waals surface area contributed by atoms with Crippen molar-refractivity contribution in [1.82, 2.24) is 4.98 Å². The van der Waals surface area contributed by atoms with Gasteiger partial charge in [0.2, 0.25) is 0 Å². The highest BCUT2D eigenvalue weighted by Crippen LogP contribution is 2.25. The summed E-state index contributed by atoms with van der Waals surface area (Å²) in [5.74, 6) is 1.55. The maximum absolute atomic E-state index is 5.79. The Bertz CT molecular complexity index is 526. The summed E-state index contributed by atoms with van der Waals surface area (Å²) in [4.78, 5) is 6.16. The fraction of sp³-hybridized carbons (Fsp3) is 0.214. The molecule has 1 aromatic carbocycles. The summed E-state index contributed by atoms with van der Waals surface area (Å²) in [6.45, 7) is 0.412. The molecule has 18 heavy (non-hydrogen) atoms. The van der Waals surface area contributed by atoms with Crippen LogP contribution in [0.3, 0.4) is 0 Å². The van der Waals surface area contributed by atoms with E-state index in [0.29, 0.717) is 6.54 Å². The van der Waals surface area contributed by atoms with Crippen LogP contribution in [0.15, 0.2) is 42.6 Å². The molecule has 0 bridgehead atoms. The van der Waals surface area contributed by atoms with E-state index in [1.165, 1.54) is 0 Å². The van der Waals surface area contributed by atoms with Crippen molar-refractivity contribution in [3.8, 4) is 11.5 Å². The standard InChI is InChI=1S/C14H17N3O/c1-17(2)12-4-3-5-13(9-12)18-14-6-7-16-11(8-14)10-15/h3-9H,10,15H2,1-2H3. The molecule has 2 N–H and O–H groups in total. The molecule has 94 valence electrons. The van der Waals surface area contributed by atoms with Crippen molar-refractivity contribution in [2.75, 3.05) is 19.0 Å². The van der Waals surface area contributed by atoms with Gasteiger partial charge in [-0.2, -0.15) is 0 Å². The highest BCUT2D eigenvalue weighted by molar-refractivity contribution is 5.50. The lowest BCUT2D eigenvalue weighted by atomic mass is 10.3. The fourth-order valence-electron chi connectivity index (χ4n) is 1.59. The van der Waals surface area contributed by atoms with E-state index in [4.69, 9.17) is 10.5 Å². The molecule has 0 atom stereocenters. The van der Waals surface area contributed by atoms with Crippen LogP contribution in [0.1, 0.15) is 5.69 Å². The van der Waals surface area contributed by atoms with E-state index >= 15 is 0 Å². The number of ether oxygens (including phenoxy) is 1. The normalized spacial score (nSPS) is 10.2. The largest absolute Gasteiger partial charge is 0.457 e. The van der Waals surface area contributed by atoms with Gasteiger partial charge in [0, 0.05) is 44.7 Å². The van der Waals surface area contributed by atoms with Gasteiger partial charge in [0.15, 0.2) is 0 Å². The molecule has 0 fully saturated rings. The van der Waals surface area contributed by atoms with Crippen molar-refractivity contribution >= 4 is 5.69 Å². The number of nitrogens with two attached hydrogens (primary N) is 1. The molecule has 0 saturated carbocycles. The van der Waals surface area contributed by atoms with Gasteiger partial charge in [-0.05, 0) is 18.2 Å². The van der Waals surface area contributed by atoms with Crippen LogP contribution in [0, 0.1) is 0 Å². The molecule has 0 amide bonds. The molecular weight excluding hydrogens is 226 g/mol. The second-order valence-corrected chi connectivity index (χ2v) is 4.18. The van der Waals surface area contributed by atoms with E-state index in [1.807, 2.05) is 55.4 Å². The number of benzene rings is 1. The molecule has 1 heterocycles. The van der Waals surface area contributed by atoms with Crippen molar-refractivity contribution in [3.63, 3.8) is 0 Å². The minimum Gasteiger partial charge on any atom is -0.457 e. The molecular formula is C14H17N3O. The topological polar surface area (TPSA) is 51.4 Å². The summed E-state index contributed by atoms with van der Waals surface area (Å²) in [6.07, 6.45) is 1.70. The SMILES string of the molecule is CN(C)c1cccc(Oc2ccnc(CN)c2)c1. The number of aromatic nitrogens is 1. The molecule has 2 rings (SSSR count). The van der Waals surface area contributed by atoms with Gasteiger partial charge in [-0.25, -0.2) is 0 Å². The molecule has 0 radical (unpaired) electrons. The number of hydrogen-bond acceptors (Lipinski definition) is 4. The van der Waals surface area contributed by atoms with Crippen LogP contribution < -0.4 is 15.4 Å². The maximum Gasteiger partial charge on any atom is 0.130 e. The zero-order chi connectivity index (χ0) is 13.0. The third-order valence-electron chi connectivity index (χ3n) is 2.57. The number of rotatable bonds is 4. The second-order valence-electron chi connectivity index (χ2n) is 4.18. The van der Waals surface area contributed by atoms with Gasteiger partial charge in [-0.15, -0.1) is 0 Å². The summed E-state index contributed by atoms with van der Waals surface area (Å²) in [7, 11) is 4.00. The van der Waals surface area contributed by atoms with E-state index in [0.717, 1.165) is 22.9 Å². The van der Waals surface area contributed by atoms with Crippen LogP contribution in [0.4, 0.5) is 5.69 Å². The Labute approximate surface area is 107 Å². The summed E-state index contributed by atoms with van der Waals surface area (Å²) in [5, 5.41) is 0. The van der Waals surface area contributed by atoms with Crippen LogP contribution in [0.2, 0.25) is 0 Å². The first kappa shape index (κ1) is 12.4. The van der Waals surface area contributed by atoms with Crippen LogP contribution >= 0.6 is 0 Å². The number of anilines is 1. The molecule has 4 nitrogen and oxygen atoms in total. The van der Waals surface area contributed by atoms with Crippen molar-refractivity contribution < 1.29 is 4.74 Å². The Balaban J connectivity index is 2.20. The molecule has 0 aliphatic heterocycles. The van der Waals surface area contributed by atoms with Crippen LogP contribution in [-0.4, -0.2) is 19.1 Å². The van der Waals surface area contributed by atoms with Gasteiger partial charge in [-0.1, -0.05) is 6.07 Å². The predicted octanol–water partition coefficient (Wildman–Crippen LogP) is 2.40. The Kier molecular flexibility index (Phi) is 3.79. The average molecular weight is 243 g/mol. The van der Waals surface area contributed by atoms with Crippen molar-refractivity contribution in [3.05, 3.63) is 48.3 Å². The lowest BCUT2D eigenvalue weighted by molar-refractivity contribution is 0.481. The van der Waals surface area contributed by atoms with Gasteiger partial charge in [0.1, 0.15) is 11.5 Å². The van der Waals surface area contributed by atoms with Crippen LogP contribution in [0.5, 0.6) is 11.5 Å². The zero-order valence-electron chi connectivity index (χ0n) is 10.6. The highest BCUT2D eigenvalue weighted by atomic mass is 16.5. The molecule has 0 aliphatic carbocycles. The molecule has 0 unspecified atom stereocenters. The Morgan fingerprint density at radius 1 is 1.17 bits per heavy atom. The first-order valence-electron chi connectivity index (χ1n) is 5.79. The lowest BCUT2D eigenvalue weighted by Crippen LogP contribution is -2.08. The van der Waals surface area contributed by atoms with Crippen molar-refractivity contribution in [1.29, 1.82) is 0 Å². The molecule has 2 aromatic rings. The van der Waals surface area contributed by atoms with E-state index in [1.54, 1.807) is 6.20 Å². The third-order valence-corrected chi connectivity index (χ3v) is 2.57. The van der Waals surface area contributed by atoms with E-state index in [2.05, 4.69) is 4.98 Å². The van der Waals surface area contributed by atoms with E-state index in [9.17, 15) is 0 Å². The van der Waals surface area contributed by atoms with Gasteiger partial charge in [0.05, 0.1) is 5.69 Å². The highest BCUT2D eigenvalue weighted by Gasteiger charge is 2.01. The number of pyridine rings is 1. The number of hydrogen-bond donors (Lipinski definition) is 1. The Morgan fingerprint density at radius 2 is 1.94 bits per heavy atom. The summed E-state index contributed by atoms with van der Waals surface area (Å²) in [6, 6.07) is 11.6. The fourth-order valence-corrected chi connectivity index (χ4v) is 1.59. The van der Waals surface area contributed by atoms with Gasteiger partial charge >= 0.3 is 0 Å². The molecule has 0 aliphatic rings. The summed E-state index contributed by atoms with van der Waals surface area (Å²) >= 11 is 0. The Morgan fingerprint density at radius 3 is 2.67 bits per heavy atom. The monoisotopic (exact) mass is 243 g/mol. The molecule has 0 spiro atoms. The quantitative estimate of drug-likeness (QED) is 0.895. The van der Waals surface area contributed by atoms with E-state index < -0.39 is 0 Å². The minimum absolute atomic E-state index is 0.412. The molecule has 0 saturated heterocycles. The third kappa shape index (κ3) is 2.99. The first-order valence-corrected chi connectivity index (χ1v) is 5.79. The molecule has 4 heteroatoms. The second kappa shape index (κ2) is 5.51. The zero-order valence-corrected chi connectivity index (χ0v) is 10.6. The summed E-state index contributed by atoms with van der Waals surface area (Å²) in [5.41, 5.74) is 7.46. The first-order chi connectivity index (χ1) is 8.69. The minimum atomic E-state index is 0.412. The Hall–Kier alpha value is -2.07. The van der Waals surface area contributed by atoms with Gasteiger partial charge < -0.3 is 15.4 Å².